The molecule has 0 radical (unpaired) electrons. The largest absolute Gasteiger partial charge is 0.493 e. The molecule has 156 valence electrons. The smallest absolute Gasteiger partial charge is 0.343 e. The highest BCUT2D eigenvalue weighted by Crippen LogP contribution is 2.40. The third kappa shape index (κ3) is 4.80. The highest BCUT2D eigenvalue weighted by molar-refractivity contribution is 9.10. The zero-order valence-corrected chi connectivity index (χ0v) is 19.0. The lowest BCUT2D eigenvalue weighted by Gasteiger charge is -2.13. The maximum Gasteiger partial charge on any atom is 0.343 e. The first kappa shape index (κ1) is 22.2. The quantitative estimate of drug-likeness (QED) is 0.402. The number of esters is 1. The van der Waals surface area contributed by atoms with Crippen LogP contribution in [-0.4, -0.2) is 37.9 Å². The van der Waals surface area contributed by atoms with Gasteiger partial charge in [0.25, 0.3) is 11.1 Å². The zero-order valence-electron chi connectivity index (χ0n) is 15.8. The van der Waals surface area contributed by atoms with Gasteiger partial charge in [-0.25, -0.2) is 9.69 Å². The molecule has 7 nitrogen and oxygen atoms in total. The van der Waals surface area contributed by atoms with Gasteiger partial charge in [-0.3, -0.25) is 9.59 Å². The van der Waals surface area contributed by atoms with Gasteiger partial charge in [0.15, 0.2) is 18.1 Å². The molecule has 30 heavy (non-hydrogen) atoms. The van der Waals surface area contributed by atoms with Crippen LogP contribution in [0.4, 0.5) is 10.5 Å². The van der Waals surface area contributed by atoms with Crippen molar-refractivity contribution in [1.29, 1.82) is 0 Å². The van der Waals surface area contributed by atoms with Gasteiger partial charge in [-0.2, -0.15) is 0 Å². The molecule has 2 amide bonds. The van der Waals surface area contributed by atoms with Crippen molar-refractivity contribution >= 4 is 68.2 Å². The van der Waals surface area contributed by atoms with E-state index >= 15 is 0 Å². The van der Waals surface area contributed by atoms with E-state index in [4.69, 9.17) is 21.1 Å². The fourth-order valence-electron chi connectivity index (χ4n) is 2.59. The molecule has 0 atom stereocenters. The molecule has 0 aliphatic carbocycles. The number of anilines is 1. The van der Waals surface area contributed by atoms with Gasteiger partial charge in [0.1, 0.15) is 0 Å². The molecule has 1 aliphatic heterocycles. The van der Waals surface area contributed by atoms with Gasteiger partial charge in [0, 0.05) is 5.02 Å². The van der Waals surface area contributed by atoms with Gasteiger partial charge in [0.2, 0.25) is 0 Å². The third-order valence-electron chi connectivity index (χ3n) is 3.99. The van der Waals surface area contributed by atoms with Crippen LogP contribution in [0.25, 0.3) is 6.08 Å². The number of benzene rings is 2. The summed E-state index contributed by atoms with van der Waals surface area (Å²) in [5.41, 5.74) is 1.04. The summed E-state index contributed by atoms with van der Waals surface area (Å²) in [6.07, 6.45) is 1.58. The number of hydrogen-bond acceptors (Lipinski definition) is 7. The molecule has 2 aromatic rings. The first-order valence-electron chi connectivity index (χ1n) is 8.44. The SMILES string of the molecule is COC(=O)COc1c(Br)cc(/C=C2/SC(=O)N(c3ccc(Cl)cc3)C2=O)cc1OC. The molecule has 1 fully saturated rings. The molecular formula is C20H15BrClNO6S. The van der Waals surface area contributed by atoms with E-state index in [0.717, 1.165) is 16.7 Å². The molecule has 1 saturated heterocycles. The molecule has 3 rings (SSSR count). The summed E-state index contributed by atoms with van der Waals surface area (Å²) in [5.74, 6) is -0.317. The Morgan fingerprint density at radius 3 is 2.53 bits per heavy atom. The minimum absolute atomic E-state index is 0.257. The number of imide groups is 1. The van der Waals surface area contributed by atoms with Crippen molar-refractivity contribution in [3.05, 3.63) is 56.4 Å². The Labute approximate surface area is 190 Å². The van der Waals surface area contributed by atoms with Crippen molar-refractivity contribution in [3.8, 4) is 11.5 Å². The summed E-state index contributed by atoms with van der Waals surface area (Å²) in [6, 6.07) is 9.75. The van der Waals surface area contributed by atoms with Gasteiger partial charge in [-0.05, 0) is 75.7 Å². The lowest BCUT2D eigenvalue weighted by Crippen LogP contribution is -2.27. The molecule has 1 aliphatic rings. The van der Waals surface area contributed by atoms with Gasteiger partial charge in [0.05, 0.1) is 29.3 Å². The van der Waals surface area contributed by atoms with Gasteiger partial charge < -0.3 is 14.2 Å². The van der Waals surface area contributed by atoms with E-state index in [9.17, 15) is 14.4 Å². The second-order valence-electron chi connectivity index (χ2n) is 5.89. The minimum atomic E-state index is -0.538. The predicted molar refractivity (Wildman–Crippen MR) is 118 cm³/mol. The van der Waals surface area contributed by atoms with E-state index < -0.39 is 17.1 Å². The van der Waals surface area contributed by atoms with Crippen LogP contribution in [0.15, 0.2) is 45.8 Å². The fourth-order valence-corrected chi connectivity index (χ4v) is 4.13. The number of methoxy groups -OCH3 is 2. The Morgan fingerprint density at radius 1 is 1.20 bits per heavy atom. The number of thioether (sulfide) groups is 1. The number of ether oxygens (including phenoxy) is 3. The summed E-state index contributed by atoms with van der Waals surface area (Å²) < 4.78 is 15.8. The van der Waals surface area contributed by atoms with Crippen molar-refractivity contribution in [1.82, 2.24) is 0 Å². The van der Waals surface area contributed by atoms with Gasteiger partial charge in [-0.1, -0.05) is 11.6 Å². The second kappa shape index (κ2) is 9.55. The molecule has 0 saturated carbocycles. The summed E-state index contributed by atoms with van der Waals surface area (Å²) in [5, 5.41) is 0.102. The molecule has 0 unspecified atom stereocenters. The van der Waals surface area contributed by atoms with Crippen LogP contribution in [0.5, 0.6) is 11.5 Å². The fraction of sp³-hybridized carbons (Fsp3) is 0.150. The molecule has 0 bridgehead atoms. The van der Waals surface area contributed by atoms with Crippen LogP contribution < -0.4 is 14.4 Å². The monoisotopic (exact) mass is 511 g/mol. The summed E-state index contributed by atoms with van der Waals surface area (Å²) in [7, 11) is 2.71. The van der Waals surface area contributed by atoms with E-state index in [2.05, 4.69) is 20.7 Å². The predicted octanol–water partition coefficient (Wildman–Crippen LogP) is 4.90. The molecule has 0 aromatic heterocycles. The standard InChI is InChI=1S/C20H15BrClNO6S/c1-27-15-8-11(7-14(21)18(15)29-10-17(24)28-2)9-16-19(25)23(20(26)30-16)13-5-3-12(22)4-6-13/h3-9H,10H2,1-2H3/b16-9+. The van der Waals surface area contributed by atoms with E-state index in [0.29, 0.717) is 32.2 Å². The maximum absolute atomic E-state index is 12.8. The van der Waals surface area contributed by atoms with Crippen LogP contribution >= 0.6 is 39.3 Å². The Hall–Kier alpha value is -2.49. The molecule has 10 heteroatoms. The van der Waals surface area contributed by atoms with E-state index in [1.807, 2.05) is 0 Å². The minimum Gasteiger partial charge on any atom is -0.493 e. The maximum atomic E-state index is 12.8. The average Bonchev–Trinajstić information content (AvgIpc) is 3.00. The number of halogens is 2. The lowest BCUT2D eigenvalue weighted by molar-refractivity contribution is -0.142. The highest BCUT2D eigenvalue weighted by Gasteiger charge is 2.36. The Bertz CT molecular complexity index is 1040. The first-order valence-corrected chi connectivity index (χ1v) is 10.4. The summed E-state index contributed by atoms with van der Waals surface area (Å²) >= 11 is 10.1. The zero-order chi connectivity index (χ0) is 21.8. The van der Waals surface area contributed by atoms with Crippen LogP contribution in [-0.2, 0) is 14.3 Å². The van der Waals surface area contributed by atoms with Crippen LogP contribution in [0.2, 0.25) is 5.02 Å². The molecule has 0 spiro atoms. The molecule has 1 heterocycles. The van der Waals surface area contributed by atoms with Crippen LogP contribution in [0.1, 0.15) is 5.56 Å². The number of carbonyl (C=O) groups excluding carboxylic acids is 3. The second-order valence-corrected chi connectivity index (χ2v) is 8.18. The average molecular weight is 513 g/mol. The highest BCUT2D eigenvalue weighted by atomic mass is 79.9. The van der Waals surface area contributed by atoms with Crippen molar-refractivity contribution in [2.24, 2.45) is 0 Å². The third-order valence-corrected chi connectivity index (χ3v) is 5.70. The van der Waals surface area contributed by atoms with Crippen molar-refractivity contribution in [2.45, 2.75) is 0 Å². The molecular weight excluding hydrogens is 498 g/mol. The number of amides is 2. The Morgan fingerprint density at radius 2 is 1.90 bits per heavy atom. The Kier molecular flexibility index (Phi) is 7.06. The summed E-state index contributed by atoms with van der Waals surface area (Å²) in [4.78, 5) is 37.9. The number of hydrogen-bond donors (Lipinski definition) is 0. The number of carbonyl (C=O) groups is 3. The normalized spacial score (nSPS) is 14.9. The van der Waals surface area contributed by atoms with Crippen LogP contribution in [0.3, 0.4) is 0 Å². The Balaban J connectivity index is 1.88. The van der Waals surface area contributed by atoms with Crippen molar-refractivity contribution < 1.29 is 28.6 Å². The molecule has 0 N–H and O–H groups in total. The number of nitrogens with zero attached hydrogens (tertiary/aromatic N) is 1. The first-order chi connectivity index (χ1) is 14.3. The van der Waals surface area contributed by atoms with Crippen LogP contribution in [0, 0.1) is 0 Å². The van der Waals surface area contributed by atoms with E-state index in [-0.39, 0.29) is 11.5 Å². The van der Waals surface area contributed by atoms with Gasteiger partial charge in [-0.15, -0.1) is 0 Å². The van der Waals surface area contributed by atoms with Crippen molar-refractivity contribution in [3.63, 3.8) is 0 Å². The van der Waals surface area contributed by atoms with E-state index in [1.54, 1.807) is 42.5 Å². The lowest BCUT2D eigenvalue weighted by atomic mass is 10.1. The van der Waals surface area contributed by atoms with Crippen molar-refractivity contribution in [2.75, 3.05) is 25.7 Å². The topological polar surface area (TPSA) is 82.1 Å². The van der Waals surface area contributed by atoms with Gasteiger partial charge >= 0.3 is 5.97 Å². The summed E-state index contributed by atoms with van der Waals surface area (Å²) in [6.45, 7) is -0.287. The van der Waals surface area contributed by atoms with E-state index in [1.165, 1.54) is 14.2 Å². The molecule has 2 aromatic carbocycles. The number of rotatable bonds is 6.